The van der Waals surface area contributed by atoms with Gasteiger partial charge in [-0.05, 0) is 49.0 Å². The maximum absolute atomic E-state index is 5.29. The summed E-state index contributed by atoms with van der Waals surface area (Å²) in [6, 6.07) is 10.9. The van der Waals surface area contributed by atoms with Crippen LogP contribution in [0.3, 0.4) is 0 Å². The van der Waals surface area contributed by atoms with E-state index in [1.54, 1.807) is 0 Å². The van der Waals surface area contributed by atoms with Crippen LogP contribution in [0.25, 0.3) is 0 Å². The van der Waals surface area contributed by atoms with Crippen molar-refractivity contribution in [3.63, 3.8) is 0 Å². The van der Waals surface area contributed by atoms with Gasteiger partial charge >= 0.3 is 0 Å². The first-order valence-electron chi connectivity index (χ1n) is 6.19. The van der Waals surface area contributed by atoms with Crippen molar-refractivity contribution in [3.8, 4) is 0 Å². The van der Waals surface area contributed by atoms with Gasteiger partial charge in [0.25, 0.3) is 0 Å². The molecule has 1 aromatic carbocycles. The van der Waals surface area contributed by atoms with E-state index in [1.165, 1.54) is 36.1 Å². The summed E-state index contributed by atoms with van der Waals surface area (Å²) in [5, 5.41) is 7.48. The van der Waals surface area contributed by atoms with Gasteiger partial charge in [0, 0.05) is 5.70 Å². The normalized spacial score (nSPS) is 23.8. The Labute approximate surface area is 107 Å². The summed E-state index contributed by atoms with van der Waals surface area (Å²) >= 11 is 5.29. The molecule has 0 spiro atoms. The van der Waals surface area contributed by atoms with Gasteiger partial charge in [-0.1, -0.05) is 30.3 Å². The van der Waals surface area contributed by atoms with Crippen LogP contribution in [0.1, 0.15) is 37.3 Å². The third-order valence-corrected chi connectivity index (χ3v) is 3.75. The second-order valence-electron chi connectivity index (χ2n) is 4.65. The molecule has 0 saturated heterocycles. The Balaban J connectivity index is 2.00. The molecule has 17 heavy (non-hydrogen) atoms. The molecular formula is C14H16N2S. The summed E-state index contributed by atoms with van der Waals surface area (Å²) in [6.07, 6.45) is 4.88. The van der Waals surface area contributed by atoms with Gasteiger partial charge in [-0.3, -0.25) is 0 Å². The molecule has 0 radical (unpaired) electrons. The van der Waals surface area contributed by atoms with Gasteiger partial charge in [-0.2, -0.15) is 0 Å². The summed E-state index contributed by atoms with van der Waals surface area (Å²) in [7, 11) is 0. The van der Waals surface area contributed by atoms with Crippen molar-refractivity contribution >= 4 is 17.3 Å². The lowest BCUT2D eigenvalue weighted by Crippen LogP contribution is -2.44. The van der Waals surface area contributed by atoms with Crippen LogP contribution in [0.4, 0.5) is 0 Å². The smallest absolute Gasteiger partial charge is 0.171 e. The van der Waals surface area contributed by atoms with E-state index in [0.29, 0.717) is 0 Å². The number of allylic oxidation sites excluding steroid dienone is 1. The van der Waals surface area contributed by atoms with E-state index in [1.807, 2.05) is 0 Å². The van der Waals surface area contributed by atoms with Gasteiger partial charge in [-0.25, -0.2) is 0 Å². The molecule has 2 nitrogen and oxygen atoms in total. The Morgan fingerprint density at radius 3 is 2.65 bits per heavy atom. The van der Waals surface area contributed by atoms with Crippen molar-refractivity contribution in [2.24, 2.45) is 0 Å². The molecular weight excluding hydrogens is 228 g/mol. The zero-order chi connectivity index (χ0) is 11.7. The molecule has 0 amide bonds. The number of thiocarbonyl (C=S) groups is 1. The molecule has 1 aliphatic heterocycles. The third-order valence-electron chi connectivity index (χ3n) is 3.53. The van der Waals surface area contributed by atoms with Gasteiger partial charge in [0.15, 0.2) is 5.11 Å². The molecule has 1 heterocycles. The summed E-state index contributed by atoms with van der Waals surface area (Å²) in [4.78, 5) is 0. The van der Waals surface area contributed by atoms with Crippen LogP contribution in [0, 0.1) is 0 Å². The van der Waals surface area contributed by atoms with E-state index >= 15 is 0 Å². The Morgan fingerprint density at radius 2 is 1.82 bits per heavy atom. The summed E-state index contributed by atoms with van der Waals surface area (Å²) in [6.45, 7) is 0. The van der Waals surface area contributed by atoms with Crippen molar-refractivity contribution < 1.29 is 0 Å². The number of nitrogens with one attached hydrogen (secondary N) is 2. The molecule has 0 fully saturated rings. The van der Waals surface area contributed by atoms with Crippen LogP contribution in [0.15, 0.2) is 41.6 Å². The lowest BCUT2D eigenvalue weighted by Gasteiger charge is -2.34. The molecule has 0 bridgehead atoms. The lowest BCUT2D eigenvalue weighted by atomic mass is 9.86. The van der Waals surface area contributed by atoms with Gasteiger partial charge in [0.1, 0.15) is 0 Å². The van der Waals surface area contributed by atoms with Gasteiger partial charge < -0.3 is 10.6 Å². The average molecular weight is 244 g/mol. The van der Waals surface area contributed by atoms with Gasteiger partial charge in [0.05, 0.1) is 6.04 Å². The minimum Gasteiger partial charge on any atom is -0.352 e. The molecule has 3 rings (SSSR count). The van der Waals surface area contributed by atoms with Crippen LogP contribution < -0.4 is 10.6 Å². The second-order valence-corrected chi connectivity index (χ2v) is 5.06. The van der Waals surface area contributed by atoms with Crippen LogP contribution in [0.2, 0.25) is 0 Å². The molecule has 2 aliphatic rings. The van der Waals surface area contributed by atoms with Crippen LogP contribution in [-0.4, -0.2) is 5.11 Å². The SMILES string of the molecule is S=C1NC2=C(CCCC2)[C@@H](c2ccccc2)N1. The zero-order valence-corrected chi connectivity index (χ0v) is 10.5. The minimum atomic E-state index is 0.278. The molecule has 1 aliphatic carbocycles. The quantitative estimate of drug-likeness (QED) is 0.743. The minimum absolute atomic E-state index is 0.278. The van der Waals surface area contributed by atoms with E-state index in [9.17, 15) is 0 Å². The number of benzene rings is 1. The van der Waals surface area contributed by atoms with Gasteiger partial charge in [0.2, 0.25) is 0 Å². The fourth-order valence-electron chi connectivity index (χ4n) is 2.71. The van der Waals surface area contributed by atoms with Crippen molar-refractivity contribution in [2.75, 3.05) is 0 Å². The Bertz CT molecular complexity index is 464. The molecule has 1 atom stereocenters. The highest BCUT2D eigenvalue weighted by Gasteiger charge is 2.27. The van der Waals surface area contributed by atoms with Crippen molar-refractivity contribution in [2.45, 2.75) is 31.7 Å². The summed E-state index contributed by atoms with van der Waals surface area (Å²) < 4.78 is 0. The highest BCUT2D eigenvalue weighted by molar-refractivity contribution is 7.80. The molecule has 0 aromatic heterocycles. The monoisotopic (exact) mass is 244 g/mol. The van der Waals surface area contributed by atoms with E-state index in [2.05, 4.69) is 41.0 Å². The van der Waals surface area contributed by atoms with Crippen molar-refractivity contribution in [3.05, 3.63) is 47.2 Å². The van der Waals surface area contributed by atoms with Crippen LogP contribution in [-0.2, 0) is 0 Å². The molecule has 88 valence electrons. The Morgan fingerprint density at radius 1 is 1.06 bits per heavy atom. The summed E-state index contributed by atoms with van der Waals surface area (Å²) in [5.74, 6) is 0. The van der Waals surface area contributed by atoms with E-state index in [4.69, 9.17) is 12.2 Å². The standard InChI is InChI=1S/C14H16N2S/c17-14-15-12-9-5-4-8-11(12)13(16-14)10-6-2-1-3-7-10/h1-3,6-7,13H,4-5,8-9H2,(H2,15,16,17)/t13-/m1/s1. The van der Waals surface area contributed by atoms with E-state index in [-0.39, 0.29) is 6.04 Å². The molecule has 0 saturated carbocycles. The molecule has 0 unspecified atom stereocenters. The average Bonchev–Trinajstić information content (AvgIpc) is 2.39. The second kappa shape index (κ2) is 4.49. The van der Waals surface area contributed by atoms with Crippen molar-refractivity contribution in [1.29, 1.82) is 0 Å². The van der Waals surface area contributed by atoms with Crippen LogP contribution >= 0.6 is 12.2 Å². The van der Waals surface area contributed by atoms with Crippen LogP contribution in [0.5, 0.6) is 0 Å². The topological polar surface area (TPSA) is 24.1 Å². The largest absolute Gasteiger partial charge is 0.352 e. The molecule has 3 heteroatoms. The Kier molecular flexibility index (Phi) is 2.85. The number of hydrogen-bond acceptors (Lipinski definition) is 1. The van der Waals surface area contributed by atoms with Crippen molar-refractivity contribution in [1.82, 2.24) is 10.6 Å². The van der Waals surface area contributed by atoms with Gasteiger partial charge in [-0.15, -0.1) is 0 Å². The first kappa shape index (κ1) is 10.8. The first-order chi connectivity index (χ1) is 8.34. The number of rotatable bonds is 1. The first-order valence-corrected chi connectivity index (χ1v) is 6.60. The predicted molar refractivity (Wildman–Crippen MR) is 73.5 cm³/mol. The third kappa shape index (κ3) is 2.07. The Hall–Kier alpha value is -1.35. The summed E-state index contributed by atoms with van der Waals surface area (Å²) in [5.41, 5.74) is 4.16. The fourth-order valence-corrected chi connectivity index (χ4v) is 2.95. The maximum Gasteiger partial charge on any atom is 0.171 e. The highest BCUT2D eigenvalue weighted by atomic mass is 32.1. The lowest BCUT2D eigenvalue weighted by molar-refractivity contribution is 0.561. The molecule has 1 aromatic rings. The maximum atomic E-state index is 5.29. The van der Waals surface area contributed by atoms with E-state index in [0.717, 1.165) is 11.5 Å². The zero-order valence-electron chi connectivity index (χ0n) is 9.70. The number of hydrogen-bond donors (Lipinski definition) is 2. The highest BCUT2D eigenvalue weighted by Crippen LogP contribution is 2.34. The predicted octanol–water partition coefficient (Wildman–Crippen LogP) is 3.03. The van der Waals surface area contributed by atoms with E-state index < -0.39 is 0 Å². The fraction of sp³-hybridized carbons (Fsp3) is 0.357. The molecule has 2 N–H and O–H groups in total.